The highest BCUT2D eigenvalue weighted by molar-refractivity contribution is 9.10. The Bertz CT molecular complexity index is 388. The minimum absolute atomic E-state index is 0.0941. The third-order valence-corrected chi connectivity index (χ3v) is 3.73. The van der Waals surface area contributed by atoms with Crippen molar-refractivity contribution in [2.24, 2.45) is 0 Å². The highest BCUT2D eigenvalue weighted by Gasteiger charge is 2.12. The normalized spacial score (nSPS) is 14.2. The summed E-state index contributed by atoms with van der Waals surface area (Å²) in [4.78, 5) is 0. The van der Waals surface area contributed by atoms with Gasteiger partial charge in [0.15, 0.2) is 0 Å². The van der Waals surface area contributed by atoms with Gasteiger partial charge >= 0.3 is 0 Å². The quantitative estimate of drug-likeness (QED) is 0.752. The minimum Gasteiger partial charge on any atom is -0.488 e. The van der Waals surface area contributed by atoms with Gasteiger partial charge < -0.3 is 10.1 Å². The molecule has 0 saturated carbocycles. The lowest BCUT2D eigenvalue weighted by molar-refractivity contribution is 0.210. The number of aryl methyl sites for hydroxylation is 1. The van der Waals surface area contributed by atoms with Gasteiger partial charge in [0.1, 0.15) is 11.9 Å². The Morgan fingerprint density at radius 2 is 2.05 bits per heavy atom. The van der Waals surface area contributed by atoms with E-state index in [2.05, 4.69) is 42.0 Å². The molecule has 4 heteroatoms. The monoisotopic (exact) mass is 347 g/mol. The highest BCUT2D eigenvalue weighted by atomic mass is 79.9. The first-order chi connectivity index (χ1) is 8.93. The summed E-state index contributed by atoms with van der Waals surface area (Å²) in [6.07, 6.45) is 2.47. The Kier molecular flexibility index (Phi) is 7.19. The molecule has 108 valence electrons. The van der Waals surface area contributed by atoms with Gasteiger partial charge in [-0.3, -0.25) is 0 Å². The topological polar surface area (TPSA) is 21.3 Å². The molecule has 2 unspecified atom stereocenters. The van der Waals surface area contributed by atoms with Crippen LogP contribution < -0.4 is 10.1 Å². The van der Waals surface area contributed by atoms with Gasteiger partial charge in [0, 0.05) is 17.1 Å². The van der Waals surface area contributed by atoms with Crippen molar-refractivity contribution >= 4 is 27.5 Å². The predicted molar refractivity (Wildman–Crippen MR) is 86.4 cm³/mol. The Hall–Kier alpha value is -0.250. The van der Waals surface area contributed by atoms with E-state index in [1.165, 1.54) is 12.8 Å². The molecule has 0 aliphatic carbocycles. The Labute approximate surface area is 130 Å². The van der Waals surface area contributed by atoms with E-state index in [0.717, 1.165) is 22.3 Å². The average molecular weight is 349 g/mol. The van der Waals surface area contributed by atoms with E-state index in [-0.39, 0.29) is 6.10 Å². The molecule has 2 nitrogen and oxygen atoms in total. The molecule has 0 saturated heterocycles. The molecule has 0 aliphatic heterocycles. The molecule has 1 N–H and O–H groups in total. The van der Waals surface area contributed by atoms with Crippen LogP contribution >= 0.6 is 27.5 Å². The predicted octanol–water partition coefficient (Wildman–Crippen LogP) is 4.96. The van der Waals surface area contributed by atoms with E-state index >= 15 is 0 Å². The van der Waals surface area contributed by atoms with E-state index in [4.69, 9.17) is 16.3 Å². The molecule has 0 aromatic heterocycles. The summed E-state index contributed by atoms with van der Waals surface area (Å²) in [7, 11) is 0. The third-order valence-electron chi connectivity index (χ3n) is 2.99. The summed E-state index contributed by atoms with van der Waals surface area (Å²) < 4.78 is 6.92. The van der Waals surface area contributed by atoms with Crippen molar-refractivity contribution in [3.8, 4) is 5.75 Å². The van der Waals surface area contributed by atoms with Crippen LogP contribution in [-0.4, -0.2) is 18.7 Å². The van der Waals surface area contributed by atoms with Crippen LogP contribution in [0.2, 0.25) is 5.02 Å². The van der Waals surface area contributed by atoms with E-state index in [1.807, 2.05) is 19.1 Å². The summed E-state index contributed by atoms with van der Waals surface area (Å²) >= 11 is 9.64. The second-order valence-electron chi connectivity index (χ2n) is 5.06. The van der Waals surface area contributed by atoms with Gasteiger partial charge in [0.05, 0.1) is 5.02 Å². The molecule has 0 bridgehead atoms. The van der Waals surface area contributed by atoms with Gasteiger partial charge in [0.2, 0.25) is 0 Å². The van der Waals surface area contributed by atoms with Crippen LogP contribution in [0.25, 0.3) is 0 Å². The Morgan fingerprint density at radius 1 is 1.37 bits per heavy atom. The lowest BCUT2D eigenvalue weighted by Crippen LogP contribution is -2.35. The zero-order valence-corrected chi connectivity index (χ0v) is 14.4. The molecule has 0 radical (unpaired) electrons. The minimum atomic E-state index is 0.0941. The molecular formula is C15H23BrClNO. The molecule has 0 heterocycles. The van der Waals surface area contributed by atoms with Gasteiger partial charge in [0.25, 0.3) is 0 Å². The SMILES string of the molecule is CCCC(C)NCC(C)Oc1c(C)cc(Br)cc1Cl. The van der Waals surface area contributed by atoms with Gasteiger partial charge in [-0.05, 0) is 44.9 Å². The number of nitrogens with one attached hydrogen (secondary N) is 1. The summed E-state index contributed by atoms with van der Waals surface area (Å²) in [6.45, 7) is 9.29. The first kappa shape index (κ1) is 16.8. The molecule has 0 spiro atoms. The average Bonchev–Trinajstić information content (AvgIpc) is 2.31. The molecule has 1 aromatic carbocycles. The summed E-state index contributed by atoms with van der Waals surface area (Å²) in [5, 5.41) is 4.13. The van der Waals surface area contributed by atoms with E-state index in [9.17, 15) is 0 Å². The molecule has 2 atom stereocenters. The first-order valence-electron chi connectivity index (χ1n) is 6.79. The maximum absolute atomic E-state index is 6.22. The molecule has 19 heavy (non-hydrogen) atoms. The zero-order valence-electron chi connectivity index (χ0n) is 12.1. The van der Waals surface area contributed by atoms with Crippen LogP contribution in [0, 0.1) is 6.92 Å². The van der Waals surface area contributed by atoms with Gasteiger partial charge in [-0.1, -0.05) is 40.9 Å². The number of ether oxygens (including phenoxy) is 1. The van der Waals surface area contributed by atoms with Crippen LogP contribution in [0.5, 0.6) is 5.75 Å². The second kappa shape index (κ2) is 8.13. The maximum atomic E-state index is 6.22. The van der Waals surface area contributed by atoms with Crippen molar-refractivity contribution in [1.82, 2.24) is 5.32 Å². The number of hydrogen-bond donors (Lipinski definition) is 1. The summed E-state index contributed by atoms with van der Waals surface area (Å²) in [5.74, 6) is 0.780. The summed E-state index contributed by atoms with van der Waals surface area (Å²) in [5.41, 5.74) is 1.05. The van der Waals surface area contributed by atoms with Crippen molar-refractivity contribution in [3.05, 3.63) is 27.2 Å². The largest absolute Gasteiger partial charge is 0.488 e. The standard InChI is InChI=1S/C15H23BrClNO/c1-5-6-11(3)18-9-12(4)19-15-10(2)7-13(16)8-14(15)17/h7-8,11-12,18H,5-6,9H2,1-4H3. The van der Waals surface area contributed by atoms with E-state index in [1.54, 1.807) is 0 Å². The van der Waals surface area contributed by atoms with Crippen LogP contribution in [0.1, 0.15) is 39.2 Å². The first-order valence-corrected chi connectivity index (χ1v) is 7.96. The Morgan fingerprint density at radius 3 is 2.63 bits per heavy atom. The van der Waals surface area contributed by atoms with Crippen LogP contribution in [0.15, 0.2) is 16.6 Å². The fourth-order valence-corrected chi connectivity index (χ4v) is 3.00. The number of hydrogen-bond acceptors (Lipinski definition) is 2. The lowest BCUT2D eigenvalue weighted by atomic mass is 10.2. The van der Waals surface area contributed by atoms with Gasteiger partial charge in [-0.25, -0.2) is 0 Å². The number of halogens is 2. The maximum Gasteiger partial charge on any atom is 0.141 e. The van der Waals surface area contributed by atoms with E-state index in [0.29, 0.717) is 11.1 Å². The highest BCUT2D eigenvalue weighted by Crippen LogP contribution is 2.32. The van der Waals surface area contributed by atoms with Crippen molar-refractivity contribution in [2.75, 3.05) is 6.54 Å². The van der Waals surface area contributed by atoms with Crippen molar-refractivity contribution in [3.63, 3.8) is 0 Å². The molecule has 1 aromatic rings. The lowest BCUT2D eigenvalue weighted by Gasteiger charge is -2.20. The second-order valence-corrected chi connectivity index (χ2v) is 6.38. The van der Waals surface area contributed by atoms with Crippen molar-refractivity contribution in [2.45, 2.75) is 52.7 Å². The Balaban J connectivity index is 2.55. The number of benzene rings is 1. The molecule has 0 aliphatic rings. The molecular weight excluding hydrogens is 326 g/mol. The van der Waals surface area contributed by atoms with Crippen LogP contribution in [-0.2, 0) is 0 Å². The van der Waals surface area contributed by atoms with Crippen molar-refractivity contribution in [1.29, 1.82) is 0 Å². The third kappa shape index (κ3) is 5.72. The fraction of sp³-hybridized carbons (Fsp3) is 0.600. The molecule has 1 rings (SSSR count). The molecule has 0 amide bonds. The van der Waals surface area contributed by atoms with E-state index < -0.39 is 0 Å². The van der Waals surface area contributed by atoms with Crippen LogP contribution in [0.3, 0.4) is 0 Å². The van der Waals surface area contributed by atoms with Crippen molar-refractivity contribution < 1.29 is 4.74 Å². The van der Waals surface area contributed by atoms with Crippen LogP contribution in [0.4, 0.5) is 0 Å². The smallest absolute Gasteiger partial charge is 0.141 e. The summed E-state index contributed by atoms with van der Waals surface area (Å²) in [6, 6.07) is 4.41. The van der Waals surface area contributed by atoms with Gasteiger partial charge in [-0.15, -0.1) is 0 Å². The molecule has 0 fully saturated rings. The fourth-order valence-electron chi connectivity index (χ4n) is 1.98. The number of rotatable bonds is 7. The van der Waals surface area contributed by atoms with Gasteiger partial charge in [-0.2, -0.15) is 0 Å². The zero-order chi connectivity index (χ0) is 14.4.